The van der Waals surface area contributed by atoms with Gasteiger partial charge in [0, 0.05) is 28.6 Å². The summed E-state index contributed by atoms with van der Waals surface area (Å²) in [7, 11) is 0. The molecule has 0 radical (unpaired) electrons. The molecular formula is C31H37IN4. The average molecular weight is 593 g/mol. The number of hydrogen-bond donors (Lipinski definition) is 1. The first kappa shape index (κ1) is 25.0. The van der Waals surface area contributed by atoms with Crippen molar-refractivity contribution in [3.8, 4) is 0 Å². The highest BCUT2D eigenvalue weighted by Gasteiger charge is 2.25. The summed E-state index contributed by atoms with van der Waals surface area (Å²) < 4.78 is 2.86. The second kappa shape index (κ2) is 11.6. The molecule has 2 aromatic rings. The van der Waals surface area contributed by atoms with E-state index in [1.165, 1.54) is 55.3 Å². The molecule has 0 amide bonds. The Morgan fingerprint density at radius 2 is 1.78 bits per heavy atom. The van der Waals surface area contributed by atoms with E-state index in [1.54, 1.807) is 0 Å². The molecule has 3 aliphatic rings. The van der Waals surface area contributed by atoms with Crippen LogP contribution in [0.4, 0.5) is 5.69 Å². The van der Waals surface area contributed by atoms with Gasteiger partial charge in [0.05, 0.1) is 15.9 Å². The van der Waals surface area contributed by atoms with Gasteiger partial charge in [0.2, 0.25) is 0 Å². The summed E-state index contributed by atoms with van der Waals surface area (Å²) in [6, 6.07) is 18.1. The quantitative estimate of drug-likeness (QED) is 0.218. The molecule has 3 aliphatic heterocycles. The van der Waals surface area contributed by atoms with Crippen molar-refractivity contribution < 1.29 is 0 Å². The number of halogens is 1. The standard InChI is InChI=1S/C31H37IN4/c1-3-28-30(36-19-5-4-8-29(36)32-28)31(33)34-22-26-13-15-27(16-14-26)35-18-6-7-24(17-20-35)21-25-11-9-23(2)10-12-25/h4-5,8-16,19,24H,3,6-7,17-18,20-22H2,1-2H3,(H2,33,34). The number of nitrogens with two attached hydrogens (primary N) is 1. The molecule has 5 rings (SSSR count). The minimum absolute atomic E-state index is 0.142. The van der Waals surface area contributed by atoms with Crippen LogP contribution in [0.15, 0.2) is 87.2 Å². The van der Waals surface area contributed by atoms with E-state index >= 15 is 0 Å². The summed E-state index contributed by atoms with van der Waals surface area (Å²) in [6.07, 6.45) is 14.6. The average Bonchev–Trinajstić information content (AvgIpc) is 3.13. The number of aliphatic imine (C=N–C) groups is 1. The van der Waals surface area contributed by atoms with E-state index in [0.717, 1.165) is 31.1 Å². The van der Waals surface area contributed by atoms with Crippen molar-refractivity contribution >= 4 is 35.9 Å². The van der Waals surface area contributed by atoms with Crippen LogP contribution in [0.1, 0.15) is 49.3 Å². The fourth-order valence-corrected chi connectivity index (χ4v) is 8.11. The number of hydrogen-bond acceptors (Lipinski definition) is 3. The maximum Gasteiger partial charge on any atom is 0.144 e. The lowest BCUT2D eigenvalue weighted by Crippen LogP contribution is -2.30. The highest BCUT2D eigenvalue weighted by atomic mass is 127. The minimum atomic E-state index is -0.142. The Morgan fingerprint density at radius 1 is 1.00 bits per heavy atom. The molecule has 0 spiro atoms. The molecule has 2 aromatic carbocycles. The van der Waals surface area contributed by atoms with E-state index < -0.39 is 0 Å². The van der Waals surface area contributed by atoms with Gasteiger partial charge in [-0.1, -0.05) is 75.7 Å². The molecule has 1 unspecified atom stereocenters. The third-order valence-electron chi connectivity index (χ3n) is 7.30. The van der Waals surface area contributed by atoms with Crippen LogP contribution < -0.4 is 10.6 Å². The molecule has 2 N–H and O–H groups in total. The Hall–Kier alpha value is -2.67. The van der Waals surface area contributed by atoms with Crippen molar-refractivity contribution in [3.63, 3.8) is 0 Å². The number of aryl methyl sites for hydroxylation is 1. The number of amidine groups is 1. The first-order valence-corrected chi connectivity index (χ1v) is 15.3. The molecule has 0 bridgehead atoms. The van der Waals surface area contributed by atoms with Gasteiger partial charge >= 0.3 is 0 Å². The van der Waals surface area contributed by atoms with Gasteiger partial charge < -0.3 is 15.5 Å². The Morgan fingerprint density at radius 3 is 2.56 bits per heavy atom. The van der Waals surface area contributed by atoms with Crippen molar-refractivity contribution in [2.45, 2.75) is 52.5 Å². The Kier molecular flexibility index (Phi) is 8.05. The van der Waals surface area contributed by atoms with Crippen LogP contribution in [0.5, 0.6) is 0 Å². The topological polar surface area (TPSA) is 44.9 Å². The third kappa shape index (κ3) is 5.83. The summed E-state index contributed by atoms with van der Waals surface area (Å²) in [5.74, 6) is 1.44. The number of fused-ring (bicyclic) bond motifs is 1. The smallest absolute Gasteiger partial charge is 0.144 e. The number of benzene rings is 2. The van der Waals surface area contributed by atoms with Crippen LogP contribution in [0, 0.1) is 12.8 Å². The largest absolute Gasteiger partial charge is 0.382 e. The van der Waals surface area contributed by atoms with Crippen molar-refractivity contribution in [2.24, 2.45) is 16.6 Å². The summed E-state index contributed by atoms with van der Waals surface area (Å²) >= 11 is -0.142. The Balaban J connectivity index is 1.18. The monoisotopic (exact) mass is 592 g/mol. The fourth-order valence-electron chi connectivity index (χ4n) is 5.22. The third-order valence-corrected chi connectivity index (χ3v) is 10.7. The zero-order valence-electron chi connectivity index (χ0n) is 21.5. The molecule has 0 saturated carbocycles. The predicted octanol–water partition coefficient (Wildman–Crippen LogP) is 6.82. The highest BCUT2D eigenvalue weighted by Crippen LogP contribution is 2.36. The van der Waals surface area contributed by atoms with Crippen molar-refractivity contribution in [2.75, 3.05) is 18.0 Å². The van der Waals surface area contributed by atoms with Crippen LogP contribution in [0.25, 0.3) is 0 Å². The number of allylic oxidation sites excluding steroid dienone is 3. The summed E-state index contributed by atoms with van der Waals surface area (Å²) in [6.45, 7) is 7.28. The minimum Gasteiger partial charge on any atom is -0.382 e. The first-order valence-electron chi connectivity index (χ1n) is 13.2. The maximum absolute atomic E-state index is 6.53. The molecule has 1 saturated heterocycles. The number of anilines is 1. The van der Waals surface area contributed by atoms with Crippen LogP contribution >= 0.6 is 20.7 Å². The number of rotatable bonds is 7. The molecule has 0 aromatic heterocycles. The molecule has 1 atom stereocenters. The highest BCUT2D eigenvalue weighted by molar-refractivity contribution is 14.2. The van der Waals surface area contributed by atoms with E-state index in [1.807, 2.05) is 0 Å². The van der Waals surface area contributed by atoms with E-state index in [-0.39, 0.29) is 20.7 Å². The van der Waals surface area contributed by atoms with E-state index in [4.69, 9.17) is 10.7 Å². The van der Waals surface area contributed by atoms with Crippen LogP contribution in [0.2, 0.25) is 0 Å². The van der Waals surface area contributed by atoms with E-state index in [2.05, 4.69) is 96.6 Å². The first-order chi connectivity index (χ1) is 17.6. The van der Waals surface area contributed by atoms with Gasteiger partial charge in [-0.25, -0.2) is 0 Å². The van der Waals surface area contributed by atoms with Crippen molar-refractivity contribution in [1.29, 1.82) is 0 Å². The van der Waals surface area contributed by atoms with Gasteiger partial charge in [0.15, 0.2) is 0 Å². The van der Waals surface area contributed by atoms with Gasteiger partial charge in [-0.15, -0.1) is 0 Å². The second-order valence-corrected chi connectivity index (χ2v) is 12.9. The lowest BCUT2D eigenvalue weighted by Gasteiger charge is -2.23. The van der Waals surface area contributed by atoms with Crippen LogP contribution in [-0.2, 0) is 13.0 Å². The van der Waals surface area contributed by atoms with Crippen LogP contribution in [0.3, 0.4) is 0 Å². The predicted molar refractivity (Wildman–Crippen MR) is 163 cm³/mol. The molecule has 3 heterocycles. The van der Waals surface area contributed by atoms with Gasteiger partial charge in [-0.05, 0) is 80.4 Å². The Bertz CT molecular complexity index is 1220. The zero-order chi connectivity index (χ0) is 24.9. The summed E-state index contributed by atoms with van der Waals surface area (Å²) in [5, 5.41) is 0. The second-order valence-electron chi connectivity index (χ2n) is 9.94. The van der Waals surface area contributed by atoms with Gasteiger partial charge in [0.1, 0.15) is 5.84 Å². The number of nitrogens with zero attached hydrogens (tertiary/aromatic N) is 3. The molecule has 36 heavy (non-hydrogen) atoms. The molecule has 4 nitrogen and oxygen atoms in total. The molecule has 5 heteroatoms. The molecule has 1 fully saturated rings. The van der Waals surface area contributed by atoms with Crippen molar-refractivity contribution in [1.82, 2.24) is 4.90 Å². The van der Waals surface area contributed by atoms with E-state index in [9.17, 15) is 0 Å². The van der Waals surface area contributed by atoms with Gasteiger partial charge in [-0.2, -0.15) is 0 Å². The van der Waals surface area contributed by atoms with Crippen molar-refractivity contribution in [3.05, 3.63) is 98.9 Å². The normalized spacial score (nSPS) is 20.2. The fraction of sp³-hybridized carbons (Fsp3) is 0.355. The molecule has 188 valence electrons. The zero-order valence-corrected chi connectivity index (χ0v) is 23.6. The van der Waals surface area contributed by atoms with Gasteiger partial charge in [-0.3, -0.25) is 4.99 Å². The lowest BCUT2D eigenvalue weighted by molar-refractivity contribution is 0.471. The molecular weight excluding hydrogens is 555 g/mol. The SMILES string of the molecule is CCC1=C(C(N)=NCc2ccc(N3CCCC(Cc4ccc(C)cc4)CC3)cc2)N2C=CC=CC2=I1. The molecule has 0 aliphatic carbocycles. The summed E-state index contributed by atoms with van der Waals surface area (Å²) in [4.78, 5) is 9.62. The van der Waals surface area contributed by atoms with Crippen LogP contribution in [-0.4, -0.2) is 27.5 Å². The lowest BCUT2D eigenvalue weighted by atomic mass is 9.92. The van der Waals surface area contributed by atoms with E-state index in [0.29, 0.717) is 12.4 Å². The Labute approximate surface area is 226 Å². The van der Waals surface area contributed by atoms with Gasteiger partial charge in [0.25, 0.3) is 0 Å². The summed E-state index contributed by atoms with van der Waals surface area (Å²) in [5.41, 5.74) is 13.0. The maximum atomic E-state index is 6.53.